The number of carbonyl (C=O) groups is 1. The van der Waals surface area contributed by atoms with Crippen LogP contribution in [0, 0.1) is 0 Å². The molecule has 8 nitrogen and oxygen atoms in total. The molecular weight excluding hydrogens is 378 g/mol. The van der Waals surface area contributed by atoms with Crippen molar-refractivity contribution < 1.29 is 13.2 Å². The second kappa shape index (κ2) is 7.89. The zero-order valence-electron chi connectivity index (χ0n) is 16.0. The van der Waals surface area contributed by atoms with E-state index in [0.717, 1.165) is 17.3 Å². The van der Waals surface area contributed by atoms with Gasteiger partial charge in [-0.3, -0.25) is 9.52 Å². The summed E-state index contributed by atoms with van der Waals surface area (Å²) >= 11 is 0. The van der Waals surface area contributed by atoms with Crippen LogP contribution in [0.15, 0.2) is 48.5 Å². The fourth-order valence-electron chi connectivity index (χ4n) is 2.76. The van der Waals surface area contributed by atoms with Gasteiger partial charge in [0.15, 0.2) is 0 Å². The van der Waals surface area contributed by atoms with Crippen molar-refractivity contribution in [3.63, 3.8) is 0 Å². The summed E-state index contributed by atoms with van der Waals surface area (Å²) in [4.78, 5) is 23.7. The minimum Gasteiger partial charge on any atom is -0.344 e. The average Bonchev–Trinajstić information content (AvgIpc) is 3.08. The number of nitrogens with one attached hydrogen (secondary N) is 2. The van der Waals surface area contributed by atoms with Crippen LogP contribution in [0.5, 0.6) is 0 Å². The third-order valence-corrected chi connectivity index (χ3v) is 4.88. The number of carbonyl (C=O) groups excluding carboxylic acids is 1. The van der Waals surface area contributed by atoms with Crippen molar-refractivity contribution in [1.82, 2.24) is 14.9 Å². The number of aromatic nitrogens is 2. The molecule has 0 unspecified atom stereocenters. The van der Waals surface area contributed by atoms with Gasteiger partial charge in [0.05, 0.1) is 23.0 Å². The topological polar surface area (TPSA) is 98.4 Å². The van der Waals surface area contributed by atoms with Gasteiger partial charge in [-0.25, -0.2) is 13.4 Å². The number of sulfonamides is 1. The molecule has 3 rings (SSSR count). The Morgan fingerprint density at radius 2 is 1.82 bits per heavy atom. The first-order valence-electron chi connectivity index (χ1n) is 8.72. The Morgan fingerprint density at radius 3 is 2.50 bits per heavy atom. The van der Waals surface area contributed by atoms with Crippen LogP contribution < -0.4 is 9.62 Å². The predicted octanol–water partition coefficient (Wildman–Crippen LogP) is 2.14. The third kappa shape index (κ3) is 4.80. The van der Waals surface area contributed by atoms with Crippen LogP contribution in [0.25, 0.3) is 11.0 Å². The SMILES string of the molecule is CN(CCN(C)c1nc2ccc(NS(C)(=O)=O)cc2[nH]1)C(=O)c1ccccc1. The number of anilines is 2. The van der Waals surface area contributed by atoms with E-state index < -0.39 is 10.0 Å². The van der Waals surface area contributed by atoms with Gasteiger partial charge < -0.3 is 14.8 Å². The molecule has 0 radical (unpaired) electrons. The maximum atomic E-state index is 12.4. The first-order valence-corrected chi connectivity index (χ1v) is 10.6. The number of hydrogen-bond donors (Lipinski definition) is 2. The average molecular weight is 401 g/mol. The minimum absolute atomic E-state index is 0.0323. The lowest BCUT2D eigenvalue weighted by molar-refractivity contribution is 0.0798. The van der Waals surface area contributed by atoms with Crippen molar-refractivity contribution in [2.75, 3.05) is 43.1 Å². The number of benzene rings is 2. The Labute approximate surface area is 164 Å². The highest BCUT2D eigenvalue weighted by molar-refractivity contribution is 7.92. The summed E-state index contributed by atoms with van der Waals surface area (Å²) in [6.45, 7) is 1.12. The number of aromatic amines is 1. The zero-order valence-corrected chi connectivity index (χ0v) is 16.8. The molecular formula is C19H23N5O3S. The lowest BCUT2D eigenvalue weighted by Gasteiger charge is -2.22. The molecule has 0 aliphatic rings. The number of fused-ring (bicyclic) bond motifs is 1. The number of likely N-dealkylation sites (N-methyl/N-ethyl adjacent to an activating group) is 2. The van der Waals surface area contributed by atoms with E-state index in [1.807, 2.05) is 30.1 Å². The van der Waals surface area contributed by atoms with Crippen molar-refractivity contribution in [3.8, 4) is 0 Å². The molecule has 0 fully saturated rings. The molecule has 0 atom stereocenters. The Bertz CT molecular complexity index is 1080. The van der Waals surface area contributed by atoms with Crippen LogP contribution in [0.2, 0.25) is 0 Å². The van der Waals surface area contributed by atoms with Gasteiger partial charge in [0.1, 0.15) is 0 Å². The molecule has 1 aromatic heterocycles. The van der Waals surface area contributed by atoms with E-state index >= 15 is 0 Å². The molecule has 0 aliphatic carbocycles. The highest BCUT2D eigenvalue weighted by Crippen LogP contribution is 2.21. The largest absolute Gasteiger partial charge is 0.344 e. The quantitative estimate of drug-likeness (QED) is 0.632. The number of H-pyrrole nitrogens is 1. The molecule has 0 bridgehead atoms. The van der Waals surface area contributed by atoms with E-state index in [9.17, 15) is 13.2 Å². The lowest BCUT2D eigenvalue weighted by atomic mass is 10.2. The molecule has 0 saturated heterocycles. The zero-order chi connectivity index (χ0) is 20.3. The molecule has 148 valence electrons. The van der Waals surface area contributed by atoms with Gasteiger partial charge in [-0.2, -0.15) is 0 Å². The Kier molecular flexibility index (Phi) is 5.55. The van der Waals surface area contributed by atoms with Gasteiger partial charge >= 0.3 is 0 Å². The van der Waals surface area contributed by atoms with Crippen LogP contribution in [0.3, 0.4) is 0 Å². The summed E-state index contributed by atoms with van der Waals surface area (Å²) in [5, 5.41) is 0. The number of amides is 1. The van der Waals surface area contributed by atoms with Crippen LogP contribution in [-0.4, -0.2) is 62.6 Å². The summed E-state index contributed by atoms with van der Waals surface area (Å²) in [7, 11) is 0.315. The maximum Gasteiger partial charge on any atom is 0.253 e. The second-order valence-corrected chi connectivity index (χ2v) is 8.43. The number of imidazole rings is 1. The summed E-state index contributed by atoms with van der Waals surface area (Å²) in [6, 6.07) is 14.3. The van der Waals surface area contributed by atoms with E-state index in [-0.39, 0.29) is 5.91 Å². The second-order valence-electron chi connectivity index (χ2n) is 6.68. The van der Waals surface area contributed by atoms with Gasteiger partial charge in [-0.15, -0.1) is 0 Å². The van der Waals surface area contributed by atoms with Crippen molar-refractivity contribution >= 4 is 38.6 Å². The summed E-state index contributed by atoms with van der Waals surface area (Å²) in [5.41, 5.74) is 2.59. The molecule has 0 saturated carbocycles. The smallest absolute Gasteiger partial charge is 0.253 e. The monoisotopic (exact) mass is 401 g/mol. The van der Waals surface area contributed by atoms with Gasteiger partial charge in [-0.1, -0.05) is 18.2 Å². The Hall–Kier alpha value is -3.07. The summed E-state index contributed by atoms with van der Waals surface area (Å²) in [5.74, 6) is 0.613. The van der Waals surface area contributed by atoms with Crippen molar-refractivity contribution in [3.05, 3.63) is 54.1 Å². The van der Waals surface area contributed by atoms with Gasteiger partial charge in [-0.05, 0) is 30.3 Å². The van der Waals surface area contributed by atoms with Crippen LogP contribution >= 0.6 is 0 Å². The summed E-state index contributed by atoms with van der Waals surface area (Å²) in [6.07, 6.45) is 1.11. The van der Waals surface area contributed by atoms with Gasteiger partial charge in [0.25, 0.3) is 5.91 Å². The fraction of sp³-hybridized carbons (Fsp3) is 0.263. The lowest BCUT2D eigenvalue weighted by Crippen LogP contribution is -2.35. The van der Waals surface area contributed by atoms with Crippen LogP contribution in [0.4, 0.5) is 11.6 Å². The van der Waals surface area contributed by atoms with E-state index in [2.05, 4.69) is 14.7 Å². The molecule has 3 aromatic rings. The van der Waals surface area contributed by atoms with E-state index in [4.69, 9.17) is 0 Å². The van der Waals surface area contributed by atoms with E-state index in [1.54, 1.807) is 42.3 Å². The Balaban J connectivity index is 1.66. The third-order valence-electron chi connectivity index (χ3n) is 4.27. The number of nitrogens with zero attached hydrogens (tertiary/aromatic N) is 3. The predicted molar refractivity (Wildman–Crippen MR) is 111 cm³/mol. The molecule has 28 heavy (non-hydrogen) atoms. The highest BCUT2D eigenvalue weighted by atomic mass is 32.2. The van der Waals surface area contributed by atoms with Gasteiger partial charge in [0.2, 0.25) is 16.0 Å². The first-order chi connectivity index (χ1) is 13.2. The van der Waals surface area contributed by atoms with E-state index in [1.165, 1.54) is 0 Å². The van der Waals surface area contributed by atoms with Crippen LogP contribution in [0.1, 0.15) is 10.4 Å². The molecule has 1 amide bonds. The summed E-state index contributed by atoms with van der Waals surface area (Å²) < 4.78 is 25.2. The fourth-order valence-corrected chi connectivity index (χ4v) is 3.32. The molecule has 0 spiro atoms. The van der Waals surface area contributed by atoms with Gasteiger partial charge in [0, 0.05) is 32.7 Å². The number of hydrogen-bond acceptors (Lipinski definition) is 5. The molecule has 2 N–H and O–H groups in total. The minimum atomic E-state index is -3.34. The maximum absolute atomic E-state index is 12.4. The van der Waals surface area contributed by atoms with E-state index in [0.29, 0.717) is 30.3 Å². The molecule has 2 aromatic carbocycles. The highest BCUT2D eigenvalue weighted by Gasteiger charge is 2.14. The normalized spacial score (nSPS) is 11.4. The standard InChI is InChI=1S/C19H23N5O3S/c1-23(18(25)14-7-5-4-6-8-14)11-12-24(2)19-20-16-10-9-15(13-17(16)21-19)22-28(3,26)27/h4-10,13,22H,11-12H2,1-3H3,(H,20,21). The number of rotatable bonds is 7. The molecule has 1 heterocycles. The van der Waals surface area contributed by atoms with Crippen molar-refractivity contribution in [1.29, 1.82) is 0 Å². The van der Waals surface area contributed by atoms with Crippen LogP contribution in [-0.2, 0) is 10.0 Å². The Morgan fingerprint density at radius 1 is 1.11 bits per heavy atom. The van der Waals surface area contributed by atoms with Crippen molar-refractivity contribution in [2.45, 2.75) is 0 Å². The van der Waals surface area contributed by atoms with Crippen molar-refractivity contribution in [2.24, 2.45) is 0 Å². The molecule has 9 heteroatoms. The first kappa shape index (κ1) is 19.7. The molecule has 0 aliphatic heterocycles.